The van der Waals surface area contributed by atoms with E-state index in [-0.39, 0.29) is 12.4 Å². The van der Waals surface area contributed by atoms with E-state index in [0.717, 1.165) is 38.8 Å². The Hall–Kier alpha value is -3.05. The Labute approximate surface area is 182 Å². The summed E-state index contributed by atoms with van der Waals surface area (Å²) in [5, 5.41) is 5.09. The van der Waals surface area contributed by atoms with Gasteiger partial charge in [-0.3, -0.25) is 4.79 Å². The largest absolute Gasteiger partial charge is 0.466 e. The number of halogens is 1. The van der Waals surface area contributed by atoms with Gasteiger partial charge in [0.2, 0.25) is 0 Å². The van der Waals surface area contributed by atoms with E-state index in [4.69, 9.17) is 16.3 Å². The first kappa shape index (κ1) is 21.7. The van der Waals surface area contributed by atoms with Gasteiger partial charge >= 0.3 is 5.97 Å². The van der Waals surface area contributed by atoms with Crippen molar-refractivity contribution in [1.82, 2.24) is 9.99 Å². The highest BCUT2D eigenvalue weighted by Gasteiger charge is 2.10. The molecule has 5 nitrogen and oxygen atoms in total. The maximum absolute atomic E-state index is 11.7. The minimum Gasteiger partial charge on any atom is -0.466 e. The van der Waals surface area contributed by atoms with Crippen LogP contribution in [0.4, 0.5) is 0 Å². The number of nitrogens with one attached hydrogen (secondary N) is 1. The molecule has 3 rings (SSSR count). The first-order chi connectivity index (χ1) is 14.5. The third-order valence-electron chi connectivity index (χ3n) is 4.81. The Morgan fingerprint density at radius 1 is 1.10 bits per heavy atom. The van der Waals surface area contributed by atoms with Gasteiger partial charge in [-0.05, 0) is 62.2 Å². The number of ether oxygens (including phenoxy) is 1. The summed E-state index contributed by atoms with van der Waals surface area (Å²) >= 11 is 5.91. The van der Waals surface area contributed by atoms with E-state index in [1.54, 1.807) is 0 Å². The van der Waals surface area contributed by atoms with Gasteiger partial charge in [-0.25, -0.2) is 0 Å². The average Bonchev–Trinajstić information content (AvgIpc) is 3.01. The van der Waals surface area contributed by atoms with Crippen LogP contribution in [0.3, 0.4) is 0 Å². The molecule has 0 radical (unpaired) electrons. The SMILES string of the molecule is CCOC(=O)Cc1ccc(-n2c(C)cc(/C=N\NCc3ccc(Cl)cc3)c2C)cc1. The lowest BCUT2D eigenvalue weighted by molar-refractivity contribution is -0.142. The molecule has 0 amide bonds. The third-order valence-corrected chi connectivity index (χ3v) is 5.06. The minimum absolute atomic E-state index is 0.205. The van der Waals surface area contributed by atoms with Crippen LogP contribution in [0.1, 0.15) is 35.0 Å². The van der Waals surface area contributed by atoms with Crippen molar-refractivity contribution < 1.29 is 9.53 Å². The third kappa shape index (κ3) is 5.51. The number of hydrogen-bond donors (Lipinski definition) is 1. The summed E-state index contributed by atoms with van der Waals surface area (Å²) in [5.74, 6) is -0.205. The molecule has 0 bridgehead atoms. The van der Waals surface area contributed by atoms with Gasteiger partial charge in [0.25, 0.3) is 0 Å². The molecule has 1 aromatic heterocycles. The normalized spacial score (nSPS) is 11.1. The Balaban J connectivity index is 1.67. The van der Waals surface area contributed by atoms with Gasteiger partial charge < -0.3 is 14.7 Å². The fourth-order valence-electron chi connectivity index (χ4n) is 3.31. The summed E-state index contributed by atoms with van der Waals surface area (Å²) in [5.41, 5.74) is 9.44. The summed E-state index contributed by atoms with van der Waals surface area (Å²) in [6.07, 6.45) is 2.12. The molecule has 0 aliphatic carbocycles. The minimum atomic E-state index is -0.205. The van der Waals surface area contributed by atoms with Crippen molar-refractivity contribution in [3.8, 4) is 5.69 Å². The van der Waals surface area contributed by atoms with Crippen LogP contribution >= 0.6 is 11.6 Å². The summed E-state index contributed by atoms with van der Waals surface area (Å²) in [4.78, 5) is 11.7. The number of hydrogen-bond acceptors (Lipinski definition) is 4. The van der Waals surface area contributed by atoms with E-state index in [1.165, 1.54) is 0 Å². The van der Waals surface area contributed by atoms with Gasteiger partial charge in [0.15, 0.2) is 0 Å². The van der Waals surface area contributed by atoms with E-state index < -0.39 is 0 Å². The predicted molar refractivity (Wildman–Crippen MR) is 121 cm³/mol. The summed E-state index contributed by atoms with van der Waals surface area (Å²) in [6, 6.07) is 17.8. The molecule has 0 aliphatic rings. The van der Waals surface area contributed by atoms with Gasteiger partial charge in [-0.15, -0.1) is 0 Å². The number of benzene rings is 2. The molecule has 0 saturated carbocycles. The second-order valence-electron chi connectivity index (χ2n) is 7.03. The number of esters is 1. The fourth-order valence-corrected chi connectivity index (χ4v) is 3.44. The van der Waals surface area contributed by atoms with Crippen LogP contribution in [-0.4, -0.2) is 23.4 Å². The second kappa shape index (κ2) is 10.1. The fraction of sp³-hybridized carbons (Fsp3) is 0.250. The first-order valence-electron chi connectivity index (χ1n) is 9.92. The Morgan fingerprint density at radius 3 is 2.43 bits per heavy atom. The van der Waals surface area contributed by atoms with Crippen molar-refractivity contribution in [1.29, 1.82) is 0 Å². The molecule has 30 heavy (non-hydrogen) atoms. The maximum atomic E-state index is 11.7. The highest BCUT2D eigenvalue weighted by molar-refractivity contribution is 6.30. The standard InChI is InChI=1S/C24H26ClN3O2/c1-4-30-24(29)14-19-7-11-23(12-8-19)28-17(2)13-21(18(28)3)16-27-26-15-20-5-9-22(25)10-6-20/h5-13,16,26H,4,14-15H2,1-3H3/b27-16-. The topological polar surface area (TPSA) is 55.6 Å². The van der Waals surface area contributed by atoms with Crippen LogP contribution < -0.4 is 5.43 Å². The lowest BCUT2D eigenvalue weighted by Gasteiger charge is -2.10. The van der Waals surface area contributed by atoms with Crippen molar-refractivity contribution in [3.05, 3.63) is 87.7 Å². The number of aryl methyl sites for hydroxylation is 1. The average molecular weight is 424 g/mol. The summed E-state index contributed by atoms with van der Waals surface area (Å²) < 4.78 is 7.19. The van der Waals surface area contributed by atoms with E-state index in [0.29, 0.717) is 13.2 Å². The monoisotopic (exact) mass is 423 g/mol. The lowest BCUT2D eigenvalue weighted by atomic mass is 10.1. The lowest BCUT2D eigenvalue weighted by Crippen LogP contribution is -2.07. The quantitative estimate of drug-likeness (QED) is 0.316. The second-order valence-corrected chi connectivity index (χ2v) is 7.47. The molecule has 3 aromatic rings. The number of rotatable bonds is 8. The van der Waals surface area contributed by atoms with Crippen LogP contribution in [0, 0.1) is 13.8 Å². The van der Waals surface area contributed by atoms with Crippen molar-refractivity contribution >= 4 is 23.8 Å². The Bertz CT molecular complexity index is 1020. The van der Waals surface area contributed by atoms with Gasteiger partial charge in [-0.2, -0.15) is 5.10 Å². The van der Waals surface area contributed by atoms with Crippen molar-refractivity contribution in [2.75, 3.05) is 6.61 Å². The van der Waals surface area contributed by atoms with Gasteiger partial charge in [0.05, 0.1) is 25.8 Å². The van der Waals surface area contributed by atoms with Gasteiger partial charge in [-0.1, -0.05) is 35.9 Å². The maximum Gasteiger partial charge on any atom is 0.310 e. The van der Waals surface area contributed by atoms with E-state index in [1.807, 2.05) is 61.7 Å². The van der Waals surface area contributed by atoms with Crippen LogP contribution in [0.2, 0.25) is 5.02 Å². The van der Waals surface area contributed by atoms with E-state index in [2.05, 4.69) is 35.0 Å². The van der Waals surface area contributed by atoms with Crippen LogP contribution in [0.5, 0.6) is 0 Å². The summed E-state index contributed by atoms with van der Waals surface area (Å²) in [6.45, 7) is 6.98. The molecule has 0 saturated heterocycles. The van der Waals surface area contributed by atoms with Crippen LogP contribution in [0.25, 0.3) is 5.69 Å². The zero-order valence-electron chi connectivity index (χ0n) is 17.5. The molecule has 156 valence electrons. The molecule has 0 atom stereocenters. The van der Waals surface area contributed by atoms with Crippen LogP contribution in [-0.2, 0) is 22.5 Å². The van der Waals surface area contributed by atoms with Gasteiger partial charge in [0.1, 0.15) is 0 Å². The summed E-state index contributed by atoms with van der Waals surface area (Å²) in [7, 11) is 0. The molecule has 2 aromatic carbocycles. The Kier molecular flexibility index (Phi) is 7.31. The number of carbonyl (C=O) groups is 1. The molecular formula is C24H26ClN3O2. The zero-order chi connectivity index (χ0) is 21.5. The number of aromatic nitrogens is 1. The molecule has 1 N–H and O–H groups in total. The van der Waals surface area contributed by atoms with Crippen molar-refractivity contribution in [3.63, 3.8) is 0 Å². The molecule has 1 heterocycles. The smallest absolute Gasteiger partial charge is 0.310 e. The molecule has 0 spiro atoms. The molecular weight excluding hydrogens is 398 g/mol. The number of nitrogens with zero attached hydrogens (tertiary/aromatic N) is 2. The molecule has 0 fully saturated rings. The molecule has 0 unspecified atom stereocenters. The number of hydrazone groups is 1. The number of carbonyl (C=O) groups excluding carboxylic acids is 1. The van der Waals surface area contributed by atoms with Crippen molar-refractivity contribution in [2.24, 2.45) is 5.10 Å². The molecule has 6 heteroatoms. The molecule has 0 aliphatic heterocycles. The van der Waals surface area contributed by atoms with Crippen molar-refractivity contribution in [2.45, 2.75) is 33.7 Å². The van der Waals surface area contributed by atoms with Crippen LogP contribution in [0.15, 0.2) is 59.7 Å². The van der Waals surface area contributed by atoms with E-state index >= 15 is 0 Å². The predicted octanol–water partition coefficient (Wildman–Crippen LogP) is 4.98. The first-order valence-corrected chi connectivity index (χ1v) is 10.3. The zero-order valence-corrected chi connectivity index (χ0v) is 18.2. The Morgan fingerprint density at radius 2 is 1.77 bits per heavy atom. The van der Waals surface area contributed by atoms with E-state index in [9.17, 15) is 4.79 Å². The highest BCUT2D eigenvalue weighted by atomic mass is 35.5. The highest BCUT2D eigenvalue weighted by Crippen LogP contribution is 2.20. The van der Waals surface area contributed by atoms with Gasteiger partial charge in [0, 0.05) is 27.7 Å².